The van der Waals surface area contributed by atoms with Gasteiger partial charge in [0, 0.05) is 6.54 Å². The average molecular weight is 346 g/mol. The number of aromatic nitrogens is 2. The Morgan fingerprint density at radius 1 is 1.40 bits per heavy atom. The van der Waals surface area contributed by atoms with Gasteiger partial charge in [-0.2, -0.15) is 5.10 Å². The Morgan fingerprint density at radius 3 is 2.55 bits per heavy atom. The standard InChI is InChI=1S/C14H24BrN3O2/c1-4-7-8-18-13(20)12(15)11(9-16-18)17-14(5-2,6-3)10-19/h9,17,19H,4-8,10H2,1-3H3. The SMILES string of the molecule is CCCCn1ncc(NC(CC)(CC)CO)c(Br)c1=O. The molecule has 0 aromatic carbocycles. The highest BCUT2D eigenvalue weighted by molar-refractivity contribution is 9.10. The van der Waals surface area contributed by atoms with E-state index in [1.54, 1.807) is 6.20 Å². The number of aliphatic hydroxyl groups is 1. The predicted octanol–water partition coefficient (Wildman–Crippen LogP) is 2.77. The van der Waals surface area contributed by atoms with Gasteiger partial charge in [-0.25, -0.2) is 4.68 Å². The zero-order valence-corrected chi connectivity index (χ0v) is 14.0. The summed E-state index contributed by atoms with van der Waals surface area (Å²) in [5.74, 6) is 0. The highest BCUT2D eigenvalue weighted by Crippen LogP contribution is 2.25. The molecule has 1 rings (SSSR count). The molecule has 0 spiro atoms. The molecule has 6 heteroatoms. The minimum atomic E-state index is -0.410. The number of nitrogens with one attached hydrogen (secondary N) is 1. The van der Waals surface area contributed by atoms with Crippen LogP contribution in [0, 0.1) is 0 Å². The highest BCUT2D eigenvalue weighted by atomic mass is 79.9. The van der Waals surface area contributed by atoms with E-state index in [0.29, 0.717) is 16.7 Å². The molecule has 0 bridgehead atoms. The van der Waals surface area contributed by atoms with Gasteiger partial charge in [0.25, 0.3) is 5.56 Å². The fourth-order valence-corrected chi connectivity index (χ4v) is 2.40. The molecule has 0 radical (unpaired) electrons. The Hall–Kier alpha value is -0.880. The van der Waals surface area contributed by atoms with E-state index in [-0.39, 0.29) is 12.2 Å². The van der Waals surface area contributed by atoms with E-state index < -0.39 is 5.54 Å². The molecule has 0 fully saturated rings. The number of nitrogens with zero attached hydrogens (tertiary/aromatic N) is 2. The smallest absolute Gasteiger partial charge is 0.283 e. The normalized spacial score (nSPS) is 11.7. The molecule has 5 nitrogen and oxygen atoms in total. The summed E-state index contributed by atoms with van der Waals surface area (Å²) in [6.45, 7) is 6.74. The largest absolute Gasteiger partial charge is 0.394 e. The molecule has 114 valence electrons. The molecule has 1 aromatic heterocycles. The number of hydrogen-bond donors (Lipinski definition) is 2. The van der Waals surface area contributed by atoms with Crippen LogP contribution in [-0.4, -0.2) is 27.0 Å². The number of anilines is 1. The lowest BCUT2D eigenvalue weighted by atomic mass is 9.93. The van der Waals surface area contributed by atoms with Gasteiger partial charge < -0.3 is 10.4 Å². The number of unbranched alkanes of at least 4 members (excludes halogenated alkanes) is 1. The molecule has 0 saturated carbocycles. The van der Waals surface area contributed by atoms with Crippen molar-refractivity contribution in [3.8, 4) is 0 Å². The Labute approximate surface area is 128 Å². The highest BCUT2D eigenvalue weighted by Gasteiger charge is 2.26. The third-order valence-electron chi connectivity index (χ3n) is 3.76. The van der Waals surface area contributed by atoms with Crippen LogP contribution < -0.4 is 10.9 Å². The summed E-state index contributed by atoms with van der Waals surface area (Å²) >= 11 is 3.35. The van der Waals surface area contributed by atoms with E-state index >= 15 is 0 Å². The molecule has 0 aliphatic heterocycles. The summed E-state index contributed by atoms with van der Waals surface area (Å²) in [5, 5.41) is 17.0. The quantitative estimate of drug-likeness (QED) is 0.760. The molecule has 1 aromatic rings. The van der Waals surface area contributed by atoms with Crippen molar-refractivity contribution in [2.45, 2.75) is 58.5 Å². The Morgan fingerprint density at radius 2 is 2.05 bits per heavy atom. The number of hydrogen-bond acceptors (Lipinski definition) is 4. The maximum Gasteiger partial charge on any atom is 0.283 e. The van der Waals surface area contributed by atoms with E-state index in [4.69, 9.17) is 0 Å². The summed E-state index contributed by atoms with van der Waals surface area (Å²) in [6.07, 6.45) is 5.13. The lowest BCUT2D eigenvalue weighted by Gasteiger charge is -2.32. The molecular formula is C14H24BrN3O2. The van der Waals surface area contributed by atoms with Crippen LogP contribution in [0.4, 0.5) is 5.69 Å². The lowest BCUT2D eigenvalue weighted by molar-refractivity contribution is 0.202. The van der Waals surface area contributed by atoms with Crippen molar-refractivity contribution in [1.29, 1.82) is 0 Å². The Balaban J connectivity index is 3.03. The number of aliphatic hydroxyl groups excluding tert-OH is 1. The van der Waals surface area contributed by atoms with Gasteiger partial charge in [0.15, 0.2) is 0 Å². The second kappa shape index (κ2) is 7.78. The Bertz CT molecular complexity index is 476. The van der Waals surface area contributed by atoms with E-state index in [9.17, 15) is 9.90 Å². The predicted molar refractivity (Wildman–Crippen MR) is 85.1 cm³/mol. The first kappa shape index (κ1) is 17.2. The van der Waals surface area contributed by atoms with Crippen molar-refractivity contribution in [1.82, 2.24) is 9.78 Å². The van der Waals surface area contributed by atoms with E-state index in [2.05, 4.69) is 33.3 Å². The van der Waals surface area contributed by atoms with Crippen molar-refractivity contribution in [3.63, 3.8) is 0 Å². The Kier molecular flexibility index (Phi) is 6.68. The van der Waals surface area contributed by atoms with Gasteiger partial charge in [0.05, 0.1) is 24.0 Å². The molecule has 0 unspecified atom stereocenters. The van der Waals surface area contributed by atoms with Crippen LogP contribution in [0.5, 0.6) is 0 Å². The summed E-state index contributed by atoms with van der Waals surface area (Å²) in [7, 11) is 0. The van der Waals surface area contributed by atoms with Crippen molar-refractivity contribution < 1.29 is 5.11 Å². The third kappa shape index (κ3) is 3.82. The second-order valence-electron chi connectivity index (χ2n) is 5.02. The molecular weight excluding hydrogens is 322 g/mol. The number of rotatable bonds is 8. The molecule has 0 amide bonds. The molecule has 1 heterocycles. The monoisotopic (exact) mass is 345 g/mol. The van der Waals surface area contributed by atoms with Gasteiger partial charge in [0.1, 0.15) is 4.47 Å². The minimum absolute atomic E-state index is 0.0192. The van der Waals surface area contributed by atoms with Gasteiger partial charge in [-0.3, -0.25) is 4.79 Å². The summed E-state index contributed by atoms with van der Waals surface area (Å²) in [5.41, 5.74) is 0.0923. The molecule has 0 atom stereocenters. The van der Waals surface area contributed by atoms with Crippen molar-refractivity contribution in [2.24, 2.45) is 0 Å². The fourth-order valence-electron chi connectivity index (χ4n) is 1.99. The molecule has 2 N–H and O–H groups in total. The van der Waals surface area contributed by atoms with Gasteiger partial charge >= 0.3 is 0 Å². The minimum Gasteiger partial charge on any atom is -0.394 e. The maximum absolute atomic E-state index is 12.2. The van der Waals surface area contributed by atoms with Crippen LogP contribution in [0.15, 0.2) is 15.5 Å². The zero-order valence-electron chi connectivity index (χ0n) is 12.4. The number of aryl methyl sites for hydroxylation is 1. The first-order valence-corrected chi connectivity index (χ1v) is 7.97. The van der Waals surface area contributed by atoms with Crippen LogP contribution in [0.3, 0.4) is 0 Å². The van der Waals surface area contributed by atoms with Gasteiger partial charge in [-0.05, 0) is 35.2 Å². The summed E-state index contributed by atoms with van der Waals surface area (Å²) in [4.78, 5) is 12.2. The van der Waals surface area contributed by atoms with Gasteiger partial charge in [-0.15, -0.1) is 0 Å². The molecule has 20 heavy (non-hydrogen) atoms. The molecule has 0 saturated heterocycles. The lowest BCUT2D eigenvalue weighted by Crippen LogP contribution is -2.41. The van der Waals surface area contributed by atoms with Crippen LogP contribution >= 0.6 is 15.9 Å². The van der Waals surface area contributed by atoms with Crippen LogP contribution in [0.2, 0.25) is 0 Å². The number of halogens is 1. The van der Waals surface area contributed by atoms with Crippen molar-refractivity contribution >= 4 is 21.6 Å². The average Bonchev–Trinajstić information content (AvgIpc) is 2.48. The topological polar surface area (TPSA) is 67.2 Å². The zero-order chi connectivity index (χ0) is 15.2. The van der Waals surface area contributed by atoms with E-state index in [1.165, 1.54) is 4.68 Å². The van der Waals surface area contributed by atoms with E-state index in [0.717, 1.165) is 25.7 Å². The molecule has 0 aliphatic carbocycles. The van der Waals surface area contributed by atoms with Crippen molar-refractivity contribution in [2.75, 3.05) is 11.9 Å². The second-order valence-corrected chi connectivity index (χ2v) is 5.82. The fraction of sp³-hybridized carbons (Fsp3) is 0.714. The van der Waals surface area contributed by atoms with E-state index in [1.807, 2.05) is 13.8 Å². The van der Waals surface area contributed by atoms with Crippen LogP contribution in [-0.2, 0) is 6.54 Å². The summed E-state index contributed by atoms with van der Waals surface area (Å²) in [6, 6.07) is 0. The van der Waals surface area contributed by atoms with Crippen molar-refractivity contribution in [3.05, 3.63) is 21.0 Å². The van der Waals surface area contributed by atoms with Crippen LogP contribution in [0.25, 0.3) is 0 Å². The first-order valence-electron chi connectivity index (χ1n) is 7.18. The third-order valence-corrected chi connectivity index (χ3v) is 4.53. The molecule has 0 aliphatic rings. The van der Waals surface area contributed by atoms with Gasteiger partial charge in [0.2, 0.25) is 0 Å². The maximum atomic E-state index is 12.2. The van der Waals surface area contributed by atoms with Crippen LogP contribution in [0.1, 0.15) is 46.5 Å². The first-order chi connectivity index (χ1) is 9.53. The van der Waals surface area contributed by atoms with Gasteiger partial charge in [-0.1, -0.05) is 27.2 Å². The summed E-state index contributed by atoms with van der Waals surface area (Å²) < 4.78 is 1.94.